The lowest BCUT2D eigenvalue weighted by Gasteiger charge is -2.18. The summed E-state index contributed by atoms with van der Waals surface area (Å²) in [5, 5.41) is 10.5. The van der Waals surface area contributed by atoms with Crippen LogP contribution in [0.3, 0.4) is 0 Å². The van der Waals surface area contributed by atoms with Crippen LogP contribution in [0, 0.1) is 0 Å². The molecule has 2 aromatic heterocycles. The number of hydrogen-bond donors (Lipinski definition) is 2. The van der Waals surface area contributed by atoms with E-state index in [9.17, 15) is 9.59 Å². The van der Waals surface area contributed by atoms with Gasteiger partial charge in [-0.25, -0.2) is 9.59 Å². The van der Waals surface area contributed by atoms with Gasteiger partial charge in [-0.05, 0) is 49.4 Å². The van der Waals surface area contributed by atoms with Gasteiger partial charge in [0, 0.05) is 32.5 Å². The third-order valence-electron chi connectivity index (χ3n) is 5.65. The zero-order chi connectivity index (χ0) is 19.8. The first-order valence-electron chi connectivity index (χ1n) is 9.68. The molecule has 2 heterocycles. The molecule has 1 aromatic carbocycles. The molecular weight excluding hydrogens is 356 g/mol. The number of hydrogen-bond acceptors (Lipinski definition) is 3. The predicted octanol–water partition coefficient (Wildman–Crippen LogP) is 2.53. The number of aryl methyl sites for hydroxylation is 3. The fraction of sp³-hybridized carbons (Fsp3) is 0.450. The van der Waals surface area contributed by atoms with E-state index in [0.29, 0.717) is 12.2 Å². The average Bonchev–Trinajstić information content (AvgIpc) is 3.03. The molecular formula is C20H26N6O2. The van der Waals surface area contributed by atoms with Gasteiger partial charge in [-0.2, -0.15) is 5.10 Å². The Hall–Kier alpha value is -3.03. The van der Waals surface area contributed by atoms with Gasteiger partial charge in [-0.15, -0.1) is 0 Å². The highest BCUT2D eigenvalue weighted by Crippen LogP contribution is 2.23. The Bertz CT molecular complexity index is 1090. The molecule has 0 radical (unpaired) electrons. The number of nitrogens with one attached hydrogen (secondary N) is 2. The van der Waals surface area contributed by atoms with Crippen molar-refractivity contribution in [3.63, 3.8) is 0 Å². The smallest absolute Gasteiger partial charge is 0.322 e. The van der Waals surface area contributed by atoms with Gasteiger partial charge in [-0.3, -0.25) is 14.2 Å². The maximum absolute atomic E-state index is 12.7. The zero-order valence-electron chi connectivity index (χ0n) is 16.6. The van der Waals surface area contributed by atoms with Crippen molar-refractivity contribution in [3.8, 4) is 0 Å². The summed E-state index contributed by atoms with van der Waals surface area (Å²) in [6.45, 7) is 0.462. The highest BCUT2D eigenvalue weighted by Gasteiger charge is 2.19. The molecule has 2 amide bonds. The molecule has 0 aliphatic heterocycles. The van der Waals surface area contributed by atoms with E-state index in [0.717, 1.165) is 29.6 Å². The second kappa shape index (κ2) is 7.18. The number of carbonyl (C=O) groups excluding carboxylic acids is 1. The van der Waals surface area contributed by atoms with Gasteiger partial charge >= 0.3 is 11.7 Å². The molecule has 0 saturated heterocycles. The molecule has 1 aliphatic carbocycles. The molecule has 4 rings (SSSR count). The Kier molecular flexibility index (Phi) is 4.70. The molecule has 8 heteroatoms. The summed E-state index contributed by atoms with van der Waals surface area (Å²) < 4.78 is 3.17. The lowest BCUT2D eigenvalue weighted by Crippen LogP contribution is -2.31. The summed E-state index contributed by atoms with van der Waals surface area (Å²) in [7, 11) is 5.24. The molecule has 0 unspecified atom stereocenters. The summed E-state index contributed by atoms with van der Waals surface area (Å²) >= 11 is 0. The number of benzene rings is 1. The summed E-state index contributed by atoms with van der Waals surface area (Å²) in [6.07, 6.45) is 5.66. The number of urea groups is 1. The van der Waals surface area contributed by atoms with Gasteiger partial charge < -0.3 is 10.2 Å². The number of fused-ring (bicyclic) bond motifs is 2. The summed E-state index contributed by atoms with van der Waals surface area (Å²) in [5.41, 5.74) is 5.63. The van der Waals surface area contributed by atoms with Crippen LogP contribution < -0.4 is 11.0 Å². The van der Waals surface area contributed by atoms with Crippen LogP contribution in [-0.2, 0) is 33.5 Å². The molecule has 0 bridgehead atoms. The molecule has 0 atom stereocenters. The van der Waals surface area contributed by atoms with Crippen molar-refractivity contribution < 1.29 is 4.79 Å². The Morgan fingerprint density at radius 1 is 1.18 bits per heavy atom. The van der Waals surface area contributed by atoms with E-state index >= 15 is 0 Å². The summed E-state index contributed by atoms with van der Waals surface area (Å²) in [5.74, 6) is 0. The third-order valence-corrected chi connectivity index (χ3v) is 5.65. The van der Waals surface area contributed by atoms with E-state index in [2.05, 4.69) is 15.5 Å². The Morgan fingerprint density at radius 3 is 2.75 bits per heavy atom. The number of imidazole rings is 1. The monoisotopic (exact) mass is 382 g/mol. The van der Waals surface area contributed by atoms with Crippen LogP contribution in [0.25, 0.3) is 11.0 Å². The maximum atomic E-state index is 12.7. The van der Waals surface area contributed by atoms with Gasteiger partial charge in [0.25, 0.3) is 0 Å². The van der Waals surface area contributed by atoms with E-state index < -0.39 is 0 Å². The van der Waals surface area contributed by atoms with Gasteiger partial charge in [0.1, 0.15) is 0 Å². The van der Waals surface area contributed by atoms with Crippen molar-refractivity contribution in [2.45, 2.75) is 38.6 Å². The number of anilines is 1. The Balaban J connectivity index is 1.49. The first-order valence-corrected chi connectivity index (χ1v) is 9.68. The van der Waals surface area contributed by atoms with Crippen LogP contribution >= 0.6 is 0 Å². The van der Waals surface area contributed by atoms with Crippen LogP contribution in [0.2, 0.25) is 0 Å². The van der Waals surface area contributed by atoms with Crippen LogP contribution in [0.15, 0.2) is 23.0 Å². The quantitative estimate of drug-likeness (QED) is 0.683. The van der Waals surface area contributed by atoms with E-state index in [1.54, 1.807) is 35.2 Å². The number of nitrogens with zero attached hydrogens (tertiary/aromatic N) is 4. The SMILES string of the molecule is CN(Cc1n[nH]c2c1CCCCC2)C(=O)Nc1ccc2c(c1)n(C)c(=O)n2C. The summed E-state index contributed by atoms with van der Waals surface area (Å²) in [4.78, 5) is 26.4. The maximum Gasteiger partial charge on any atom is 0.328 e. The van der Waals surface area contributed by atoms with Crippen LogP contribution in [0.5, 0.6) is 0 Å². The van der Waals surface area contributed by atoms with Crippen molar-refractivity contribution in [3.05, 3.63) is 45.6 Å². The van der Waals surface area contributed by atoms with E-state index in [1.165, 1.54) is 30.5 Å². The van der Waals surface area contributed by atoms with Crippen molar-refractivity contribution >= 4 is 22.8 Å². The molecule has 3 aromatic rings. The Morgan fingerprint density at radius 2 is 1.93 bits per heavy atom. The number of amides is 2. The van der Waals surface area contributed by atoms with Gasteiger partial charge in [0.05, 0.1) is 23.3 Å². The van der Waals surface area contributed by atoms with E-state index in [4.69, 9.17) is 0 Å². The molecule has 8 nitrogen and oxygen atoms in total. The number of carbonyl (C=O) groups is 1. The minimum atomic E-state index is -0.203. The van der Waals surface area contributed by atoms with Crippen LogP contribution in [-0.4, -0.2) is 37.3 Å². The Labute approximate surface area is 163 Å². The van der Waals surface area contributed by atoms with E-state index in [-0.39, 0.29) is 11.7 Å². The number of H-pyrrole nitrogens is 1. The lowest BCUT2D eigenvalue weighted by atomic mass is 10.1. The third kappa shape index (κ3) is 3.19. The van der Waals surface area contributed by atoms with Gasteiger partial charge in [0.15, 0.2) is 0 Å². The molecule has 148 valence electrons. The van der Waals surface area contributed by atoms with E-state index in [1.807, 2.05) is 18.2 Å². The molecule has 2 N–H and O–H groups in total. The highest BCUT2D eigenvalue weighted by atomic mass is 16.2. The van der Waals surface area contributed by atoms with Crippen molar-refractivity contribution in [1.29, 1.82) is 0 Å². The molecule has 0 fully saturated rings. The standard InChI is InChI=1S/C20H26N6O2/c1-24(12-16-14-7-5-4-6-8-15(14)22-23-16)19(27)21-13-9-10-17-18(11-13)26(3)20(28)25(17)2/h9-11H,4-8,12H2,1-3H3,(H,21,27)(H,22,23). The molecule has 28 heavy (non-hydrogen) atoms. The minimum absolute atomic E-state index is 0.0881. The number of rotatable bonds is 3. The fourth-order valence-corrected chi connectivity index (χ4v) is 3.96. The van der Waals surface area contributed by atoms with Crippen molar-refractivity contribution in [1.82, 2.24) is 24.2 Å². The van der Waals surface area contributed by atoms with Crippen LogP contribution in [0.4, 0.5) is 10.5 Å². The normalized spacial score (nSPS) is 14.0. The van der Waals surface area contributed by atoms with Crippen molar-refractivity contribution in [2.24, 2.45) is 14.1 Å². The molecule has 0 saturated carbocycles. The lowest BCUT2D eigenvalue weighted by molar-refractivity contribution is 0.220. The van der Waals surface area contributed by atoms with Gasteiger partial charge in [-0.1, -0.05) is 6.42 Å². The minimum Gasteiger partial charge on any atom is -0.322 e. The number of aromatic amines is 1. The second-order valence-corrected chi connectivity index (χ2v) is 7.58. The van der Waals surface area contributed by atoms with Crippen molar-refractivity contribution in [2.75, 3.05) is 12.4 Å². The highest BCUT2D eigenvalue weighted by molar-refractivity contribution is 5.92. The molecule has 0 spiro atoms. The average molecular weight is 382 g/mol. The first kappa shape index (κ1) is 18.3. The number of aromatic nitrogens is 4. The second-order valence-electron chi connectivity index (χ2n) is 7.58. The predicted molar refractivity (Wildman–Crippen MR) is 108 cm³/mol. The van der Waals surface area contributed by atoms with Crippen LogP contribution in [0.1, 0.15) is 36.2 Å². The molecule has 1 aliphatic rings. The zero-order valence-corrected chi connectivity index (χ0v) is 16.6. The first-order chi connectivity index (χ1) is 13.5. The fourth-order valence-electron chi connectivity index (χ4n) is 3.96. The largest absolute Gasteiger partial charge is 0.328 e. The topological polar surface area (TPSA) is 88.0 Å². The van der Waals surface area contributed by atoms with Gasteiger partial charge in [0.2, 0.25) is 0 Å². The summed E-state index contributed by atoms with van der Waals surface area (Å²) in [6, 6.07) is 5.28.